The molecular weight excluding hydrogens is 322 g/mol. The summed E-state index contributed by atoms with van der Waals surface area (Å²) in [7, 11) is 1.69. The van der Waals surface area contributed by atoms with Crippen molar-refractivity contribution in [3.05, 3.63) is 48.4 Å². The van der Waals surface area contributed by atoms with Crippen LogP contribution in [-0.4, -0.2) is 43.6 Å². The average Bonchev–Trinajstić information content (AvgIpc) is 3.16. The van der Waals surface area contributed by atoms with E-state index in [1.807, 2.05) is 12.1 Å². The molecule has 1 N–H and O–H groups in total. The van der Waals surface area contributed by atoms with E-state index < -0.39 is 0 Å². The largest absolute Gasteiger partial charge is 0.467 e. The van der Waals surface area contributed by atoms with E-state index in [4.69, 9.17) is 9.15 Å². The fraction of sp³-hybridized carbons (Fsp3) is 0.333. The van der Waals surface area contributed by atoms with Crippen LogP contribution in [0.5, 0.6) is 0 Å². The van der Waals surface area contributed by atoms with Gasteiger partial charge >= 0.3 is 6.03 Å². The first-order chi connectivity index (χ1) is 12.0. The zero-order chi connectivity index (χ0) is 17.8. The van der Waals surface area contributed by atoms with Crippen molar-refractivity contribution in [1.29, 1.82) is 0 Å². The maximum Gasteiger partial charge on any atom is 0.322 e. The number of hydrogen-bond donors (Lipinski definition) is 1. The van der Waals surface area contributed by atoms with Gasteiger partial charge in [-0.05, 0) is 30.3 Å². The molecule has 1 aliphatic heterocycles. The topological polar surface area (TPSA) is 75.0 Å². The Morgan fingerprint density at radius 3 is 2.84 bits per heavy atom. The predicted octanol–water partition coefficient (Wildman–Crippen LogP) is 2.87. The molecule has 0 aliphatic carbocycles. The van der Waals surface area contributed by atoms with Gasteiger partial charge in [0, 0.05) is 31.9 Å². The van der Waals surface area contributed by atoms with Crippen LogP contribution in [0.3, 0.4) is 0 Å². The highest BCUT2D eigenvalue weighted by atomic mass is 16.5. The molecule has 25 heavy (non-hydrogen) atoms. The lowest BCUT2D eigenvalue weighted by Gasteiger charge is -2.32. The lowest BCUT2D eigenvalue weighted by Crippen LogP contribution is -2.44. The average molecular weight is 343 g/mol. The second-order valence-corrected chi connectivity index (χ2v) is 5.88. The highest BCUT2D eigenvalue weighted by molar-refractivity contribution is 5.93. The third-order valence-corrected chi connectivity index (χ3v) is 4.17. The van der Waals surface area contributed by atoms with Crippen molar-refractivity contribution < 1.29 is 18.7 Å². The minimum atomic E-state index is -0.260. The van der Waals surface area contributed by atoms with Gasteiger partial charge in [-0.1, -0.05) is 6.07 Å². The van der Waals surface area contributed by atoms with Crippen LogP contribution in [-0.2, 0) is 9.53 Å². The number of urea groups is 1. The molecule has 0 bridgehead atoms. The van der Waals surface area contributed by atoms with Crippen molar-refractivity contribution in [2.45, 2.75) is 13.0 Å². The number of rotatable bonds is 3. The standard InChI is InChI=1S/C18H21N3O4/c1-13(22)20(2)15-6-3-5-14(11-15)19-18(23)21-8-10-25-17(12-21)16-7-4-9-24-16/h3-7,9,11,17H,8,10,12H2,1-2H3,(H,19,23). The third-order valence-electron chi connectivity index (χ3n) is 4.17. The number of nitrogens with one attached hydrogen (secondary N) is 1. The molecule has 7 heteroatoms. The van der Waals surface area contributed by atoms with Gasteiger partial charge in [-0.3, -0.25) is 4.79 Å². The normalized spacial score (nSPS) is 17.2. The Kier molecular flexibility index (Phi) is 5.04. The van der Waals surface area contributed by atoms with Crippen LogP contribution >= 0.6 is 0 Å². The Morgan fingerprint density at radius 1 is 1.28 bits per heavy atom. The van der Waals surface area contributed by atoms with Crippen LogP contribution in [0, 0.1) is 0 Å². The molecular formula is C18H21N3O4. The van der Waals surface area contributed by atoms with Crippen LogP contribution in [0.2, 0.25) is 0 Å². The SMILES string of the molecule is CC(=O)N(C)c1cccc(NC(=O)N2CCOC(c3ccco3)C2)c1. The summed E-state index contributed by atoms with van der Waals surface area (Å²) in [5, 5.41) is 2.87. The van der Waals surface area contributed by atoms with Crippen LogP contribution in [0.25, 0.3) is 0 Å². The van der Waals surface area contributed by atoms with Gasteiger partial charge in [0.2, 0.25) is 5.91 Å². The number of amides is 3. The molecule has 2 heterocycles. The van der Waals surface area contributed by atoms with E-state index in [-0.39, 0.29) is 18.0 Å². The number of benzene rings is 1. The number of hydrogen-bond acceptors (Lipinski definition) is 4. The van der Waals surface area contributed by atoms with Crippen LogP contribution in [0.1, 0.15) is 18.8 Å². The first-order valence-electron chi connectivity index (χ1n) is 8.10. The quantitative estimate of drug-likeness (QED) is 0.930. The second-order valence-electron chi connectivity index (χ2n) is 5.88. The molecule has 1 atom stereocenters. The molecule has 1 aromatic heterocycles. The summed E-state index contributed by atoms with van der Waals surface area (Å²) in [6, 6.07) is 10.6. The first kappa shape index (κ1) is 17.0. The van der Waals surface area contributed by atoms with E-state index in [1.54, 1.807) is 42.5 Å². The number of furan rings is 1. The predicted molar refractivity (Wildman–Crippen MR) is 93.5 cm³/mol. The van der Waals surface area contributed by atoms with Crippen LogP contribution in [0.15, 0.2) is 47.1 Å². The van der Waals surface area contributed by atoms with Crippen molar-refractivity contribution in [2.75, 3.05) is 37.0 Å². The lowest BCUT2D eigenvalue weighted by atomic mass is 10.2. The van der Waals surface area contributed by atoms with Gasteiger partial charge in [0.25, 0.3) is 0 Å². The van der Waals surface area contributed by atoms with Gasteiger partial charge in [0.15, 0.2) is 0 Å². The molecule has 0 spiro atoms. The number of anilines is 2. The van der Waals surface area contributed by atoms with Crippen molar-refractivity contribution >= 4 is 23.3 Å². The van der Waals surface area contributed by atoms with Crippen LogP contribution < -0.4 is 10.2 Å². The summed E-state index contributed by atoms with van der Waals surface area (Å²) in [6.45, 7) is 2.88. The molecule has 1 aromatic carbocycles. The fourth-order valence-corrected chi connectivity index (χ4v) is 2.66. The summed E-state index contributed by atoms with van der Waals surface area (Å²) in [5.74, 6) is 0.639. The lowest BCUT2D eigenvalue weighted by molar-refractivity contribution is -0.116. The van der Waals surface area contributed by atoms with E-state index in [0.717, 1.165) is 5.69 Å². The zero-order valence-corrected chi connectivity index (χ0v) is 14.3. The molecule has 7 nitrogen and oxygen atoms in total. The van der Waals surface area contributed by atoms with Gasteiger partial charge in [-0.15, -0.1) is 0 Å². The molecule has 132 valence electrons. The number of ether oxygens (including phenoxy) is 1. The molecule has 1 aliphatic rings. The Hall–Kier alpha value is -2.80. The summed E-state index contributed by atoms with van der Waals surface area (Å²) in [6.07, 6.45) is 1.33. The van der Waals surface area contributed by atoms with E-state index in [1.165, 1.54) is 11.8 Å². The second kappa shape index (κ2) is 7.40. The van der Waals surface area contributed by atoms with Crippen molar-refractivity contribution in [3.8, 4) is 0 Å². The summed E-state index contributed by atoms with van der Waals surface area (Å²) in [5.41, 5.74) is 1.36. The Bertz CT molecular complexity index is 745. The highest BCUT2D eigenvalue weighted by Crippen LogP contribution is 2.24. The molecule has 3 amide bonds. The van der Waals surface area contributed by atoms with Gasteiger partial charge in [0.05, 0.1) is 19.4 Å². The van der Waals surface area contributed by atoms with Gasteiger partial charge in [0.1, 0.15) is 11.9 Å². The highest BCUT2D eigenvalue weighted by Gasteiger charge is 2.27. The maximum absolute atomic E-state index is 12.5. The monoisotopic (exact) mass is 343 g/mol. The van der Waals surface area contributed by atoms with Gasteiger partial charge in [-0.2, -0.15) is 0 Å². The number of carbonyl (C=O) groups excluding carboxylic acids is 2. The summed E-state index contributed by atoms with van der Waals surface area (Å²) < 4.78 is 11.0. The van der Waals surface area contributed by atoms with Gasteiger partial charge in [-0.25, -0.2) is 4.79 Å². The molecule has 2 aromatic rings. The first-order valence-corrected chi connectivity index (χ1v) is 8.10. The molecule has 1 unspecified atom stereocenters. The molecule has 0 saturated carbocycles. The molecule has 1 fully saturated rings. The zero-order valence-electron chi connectivity index (χ0n) is 14.3. The van der Waals surface area contributed by atoms with E-state index in [0.29, 0.717) is 31.1 Å². The Labute approximate surface area is 146 Å². The smallest absolute Gasteiger partial charge is 0.322 e. The fourth-order valence-electron chi connectivity index (χ4n) is 2.66. The maximum atomic E-state index is 12.5. The molecule has 1 saturated heterocycles. The summed E-state index contributed by atoms with van der Waals surface area (Å²) in [4.78, 5) is 27.2. The number of carbonyl (C=O) groups is 2. The van der Waals surface area contributed by atoms with Crippen LogP contribution in [0.4, 0.5) is 16.2 Å². The third kappa shape index (κ3) is 4.00. The Morgan fingerprint density at radius 2 is 2.12 bits per heavy atom. The summed E-state index contributed by atoms with van der Waals surface area (Å²) >= 11 is 0. The molecule has 0 radical (unpaired) electrons. The van der Waals surface area contributed by atoms with E-state index in [9.17, 15) is 9.59 Å². The van der Waals surface area contributed by atoms with Crippen molar-refractivity contribution in [2.24, 2.45) is 0 Å². The van der Waals surface area contributed by atoms with Gasteiger partial charge < -0.3 is 24.3 Å². The minimum absolute atomic E-state index is 0.0713. The number of nitrogens with zero attached hydrogens (tertiary/aromatic N) is 2. The number of morpholine rings is 1. The van der Waals surface area contributed by atoms with Crippen molar-refractivity contribution in [3.63, 3.8) is 0 Å². The van der Waals surface area contributed by atoms with E-state index in [2.05, 4.69) is 5.32 Å². The minimum Gasteiger partial charge on any atom is -0.467 e. The van der Waals surface area contributed by atoms with E-state index >= 15 is 0 Å². The molecule has 3 rings (SSSR count). The Balaban J connectivity index is 1.66. The van der Waals surface area contributed by atoms with Crippen molar-refractivity contribution in [1.82, 2.24) is 4.90 Å².